The molecule has 0 saturated carbocycles. The number of hydrogen-bond donors (Lipinski definition) is 1. The van der Waals surface area contributed by atoms with Crippen LogP contribution in [-0.2, 0) is 22.6 Å². The van der Waals surface area contributed by atoms with Crippen molar-refractivity contribution in [2.75, 3.05) is 20.2 Å². The first-order valence-electron chi connectivity index (χ1n) is 11.9. The molecule has 2 aliphatic rings. The lowest BCUT2D eigenvalue weighted by molar-refractivity contribution is -0.140. The molecule has 1 aromatic carbocycles. The van der Waals surface area contributed by atoms with E-state index in [1.54, 1.807) is 6.07 Å². The van der Waals surface area contributed by atoms with Crippen molar-refractivity contribution in [2.24, 2.45) is 5.92 Å². The highest BCUT2D eigenvalue weighted by molar-refractivity contribution is 9.10. The van der Waals surface area contributed by atoms with Crippen LogP contribution in [0.2, 0.25) is 0 Å². The van der Waals surface area contributed by atoms with Crippen LogP contribution < -0.4 is 11.0 Å². The van der Waals surface area contributed by atoms with Gasteiger partial charge in [0, 0.05) is 47.9 Å². The molecule has 3 aromatic rings. The standard InChI is InChI=1S/C27H27BrN2O6/c1-35-25(33)11-21(17-4-2-5-19(28)9-17)27-26(34)23(31)10-20(36-27)15-29-12-16-8-18(14-29)22-6-3-7-24(32)30(22)13-16/h2-7,9-10,16,18,21,34H,8,11-15H2,1H3/t16-,18+,21+/m1/s1. The van der Waals surface area contributed by atoms with E-state index in [1.807, 2.05) is 41.0 Å². The van der Waals surface area contributed by atoms with Gasteiger partial charge < -0.3 is 18.8 Å². The SMILES string of the molecule is COC(=O)C[C@@H](c1cccc(Br)c1)c1oc(CN2C[C@H]3C[C@@H](C2)c2cccc(=O)n2C3)cc(=O)c1O. The minimum Gasteiger partial charge on any atom is -0.502 e. The van der Waals surface area contributed by atoms with E-state index in [2.05, 4.69) is 20.8 Å². The number of carbonyl (C=O) groups is 1. The molecule has 2 aliphatic heterocycles. The molecule has 3 atom stereocenters. The van der Waals surface area contributed by atoms with Crippen LogP contribution in [0.4, 0.5) is 0 Å². The quantitative estimate of drug-likeness (QED) is 0.464. The zero-order chi connectivity index (χ0) is 25.4. The molecule has 0 unspecified atom stereocenters. The Morgan fingerprint density at radius 2 is 1.97 bits per heavy atom. The van der Waals surface area contributed by atoms with E-state index in [1.165, 1.54) is 13.2 Å². The highest BCUT2D eigenvalue weighted by atomic mass is 79.9. The normalized spacial score (nSPS) is 19.9. The first-order valence-corrected chi connectivity index (χ1v) is 12.7. The molecular weight excluding hydrogens is 528 g/mol. The van der Waals surface area contributed by atoms with Crippen molar-refractivity contribution in [3.63, 3.8) is 0 Å². The predicted molar refractivity (Wildman–Crippen MR) is 136 cm³/mol. The van der Waals surface area contributed by atoms with Gasteiger partial charge in [0.2, 0.25) is 11.2 Å². The fraction of sp³-hybridized carbons (Fsp3) is 0.370. The molecule has 0 amide bonds. The predicted octanol–water partition coefficient (Wildman–Crippen LogP) is 3.58. The summed E-state index contributed by atoms with van der Waals surface area (Å²) in [7, 11) is 1.30. The van der Waals surface area contributed by atoms with Gasteiger partial charge in [-0.05, 0) is 36.1 Å². The number of fused-ring (bicyclic) bond motifs is 4. The molecule has 0 spiro atoms. The number of carbonyl (C=O) groups excluding carboxylic acids is 1. The van der Waals surface area contributed by atoms with E-state index in [9.17, 15) is 19.5 Å². The van der Waals surface area contributed by atoms with Crippen LogP contribution in [0.25, 0.3) is 0 Å². The number of halogens is 1. The van der Waals surface area contributed by atoms with Gasteiger partial charge in [0.1, 0.15) is 5.76 Å². The Bertz CT molecular complexity index is 1410. The fourth-order valence-electron chi connectivity index (χ4n) is 5.55. The summed E-state index contributed by atoms with van der Waals surface area (Å²) in [5, 5.41) is 10.7. The molecule has 4 heterocycles. The Balaban J connectivity index is 1.45. The summed E-state index contributed by atoms with van der Waals surface area (Å²) in [6, 6.07) is 14.1. The van der Waals surface area contributed by atoms with E-state index >= 15 is 0 Å². The number of likely N-dealkylation sites (tertiary alicyclic amines) is 1. The maximum Gasteiger partial charge on any atom is 0.306 e. The lowest BCUT2D eigenvalue weighted by Gasteiger charge is -2.42. The number of pyridine rings is 1. The number of rotatable bonds is 6. The average Bonchev–Trinajstić information content (AvgIpc) is 2.85. The number of esters is 1. The van der Waals surface area contributed by atoms with Crippen molar-refractivity contribution < 1.29 is 19.1 Å². The van der Waals surface area contributed by atoms with E-state index in [4.69, 9.17) is 9.15 Å². The zero-order valence-corrected chi connectivity index (χ0v) is 21.4. The van der Waals surface area contributed by atoms with Gasteiger partial charge in [-0.15, -0.1) is 0 Å². The molecule has 0 radical (unpaired) electrons. The van der Waals surface area contributed by atoms with Crippen LogP contribution in [0.3, 0.4) is 0 Å². The second-order valence-electron chi connectivity index (χ2n) is 9.57. The van der Waals surface area contributed by atoms with E-state index in [0.29, 0.717) is 30.3 Å². The van der Waals surface area contributed by atoms with Crippen molar-refractivity contribution in [2.45, 2.75) is 37.8 Å². The molecule has 1 saturated heterocycles. The number of nitrogens with zero attached hydrogens (tertiary/aromatic N) is 2. The summed E-state index contributed by atoms with van der Waals surface area (Å²) >= 11 is 3.44. The van der Waals surface area contributed by atoms with Gasteiger partial charge in [-0.2, -0.15) is 0 Å². The smallest absolute Gasteiger partial charge is 0.306 e. The third kappa shape index (κ3) is 4.90. The Hall–Kier alpha value is -3.17. The Labute approximate surface area is 216 Å². The summed E-state index contributed by atoms with van der Waals surface area (Å²) in [5.41, 5.74) is 1.24. The largest absolute Gasteiger partial charge is 0.502 e. The molecule has 8 nitrogen and oxygen atoms in total. The average molecular weight is 555 g/mol. The van der Waals surface area contributed by atoms with Crippen molar-refractivity contribution in [3.8, 4) is 5.75 Å². The topological polar surface area (TPSA) is 102 Å². The van der Waals surface area contributed by atoms with Crippen LogP contribution in [0.5, 0.6) is 5.75 Å². The Kier molecular flexibility index (Phi) is 6.85. The molecule has 1 fully saturated rings. The first-order chi connectivity index (χ1) is 17.3. The van der Waals surface area contributed by atoms with E-state index in [0.717, 1.165) is 29.7 Å². The highest BCUT2D eigenvalue weighted by Crippen LogP contribution is 2.37. The van der Waals surface area contributed by atoms with Gasteiger partial charge in [0.25, 0.3) is 5.56 Å². The van der Waals surface area contributed by atoms with Crippen molar-refractivity contribution in [1.82, 2.24) is 9.47 Å². The number of methoxy groups -OCH3 is 1. The number of hydrogen-bond acceptors (Lipinski definition) is 7. The minimum atomic E-state index is -0.693. The van der Waals surface area contributed by atoms with Gasteiger partial charge in [-0.25, -0.2) is 0 Å². The minimum absolute atomic E-state index is 0.0361. The van der Waals surface area contributed by atoms with Crippen molar-refractivity contribution in [1.29, 1.82) is 0 Å². The van der Waals surface area contributed by atoms with Crippen molar-refractivity contribution >= 4 is 21.9 Å². The lowest BCUT2D eigenvalue weighted by atomic mass is 9.83. The summed E-state index contributed by atoms with van der Waals surface area (Å²) in [6.45, 7) is 2.57. The van der Waals surface area contributed by atoms with Gasteiger partial charge in [0.15, 0.2) is 5.76 Å². The van der Waals surface area contributed by atoms with Gasteiger partial charge >= 0.3 is 5.97 Å². The Morgan fingerprint density at radius 1 is 1.17 bits per heavy atom. The molecule has 1 N–H and O–H groups in total. The Morgan fingerprint density at radius 3 is 2.75 bits per heavy atom. The van der Waals surface area contributed by atoms with Crippen LogP contribution in [0.15, 0.2) is 67.0 Å². The summed E-state index contributed by atoms with van der Waals surface area (Å²) in [5.74, 6) is -0.654. The van der Waals surface area contributed by atoms with Gasteiger partial charge in [0.05, 0.1) is 26.0 Å². The zero-order valence-electron chi connectivity index (χ0n) is 19.9. The third-order valence-corrected chi connectivity index (χ3v) is 7.59. The number of ether oxygens (including phenoxy) is 1. The van der Waals surface area contributed by atoms with Crippen LogP contribution in [-0.4, -0.2) is 40.7 Å². The fourth-order valence-corrected chi connectivity index (χ4v) is 5.97. The summed E-state index contributed by atoms with van der Waals surface area (Å²) < 4.78 is 13.7. The molecule has 188 valence electrons. The van der Waals surface area contributed by atoms with Gasteiger partial charge in [-0.1, -0.05) is 34.1 Å². The molecule has 0 aliphatic carbocycles. The highest BCUT2D eigenvalue weighted by Gasteiger charge is 2.35. The van der Waals surface area contributed by atoms with E-state index in [-0.39, 0.29) is 23.7 Å². The van der Waals surface area contributed by atoms with Crippen LogP contribution in [0.1, 0.15) is 47.5 Å². The number of aromatic nitrogens is 1. The molecule has 9 heteroatoms. The lowest BCUT2D eigenvalue weighted by Crippen LogP contribution is -2.46. The number of benzene rings is 1. The van der Waals surface area contributed by atoms with Crippen LogP contribution >= 0.6 is 15.9 Å². The number of aromatic hydroxyl groups is 1. The second kappa shape index (κ2) is 10.1. The molecule has 36 heavy (non-hydrogen) atoms. The first kappa shape index (κ1) is 24.5. The molecular formula is C27H27BrN2O6. The molecule has 5 rings (SSSR count). The second-order valence-corrected chi connectivity index (χ2v) is 10.5. The molecule has 2 aromatic heterocycles. The maximum atomic E-state index is 12.8. The van der Waals surface area contributed by atoms with Crippen molar-refractivity contribution in [3.05, 3.63) is 96.4 Å². The van der Waals surface area contributed by atoms with E-state index < -0.39 is 23.1 Å². The number of piperidine rings is 1. The van der Waals surface area contributed by atoms with Crippen LogP contribution in [0, 0.1) is 5.92 Å². The monoisotopic (exact) mass is 554 g/mol. The molecule has 2 bridgehead atoms. The summed E-state index contributed by atoms with van der Waals surface area (Å²) in [6.07, 6.45) is 0.932. The maximum absolute atomic E-state index is 12.8. The third-order valence-electron chi connectivity index (χ3n) is 7.10. The summed E-state index contributed by atoms with van der Waals surface area (Å²) in [4.78, 5) is 39.5. The van der Waals surface area contributed by atoms with Gasteiger partial charge in [-0.3, -0.25) is 19.3 Å².